The van der Waals surface area contributed by atoms with Crippen LogP contribution >= 0.6 is 12.6 Å². The zero-order chi connectivity index (χ0) is 11.3. The molecule has 0 saturated carbocycles. The highest BCUT2D eigenvalue weighted by atomic mass is 32.1. The van der Waals surface area contributed by atoms with Crippen LogP contribution < -0.4 is 5.73 Å². The molecule has 0 saturated heterocycles. The Morgan fingerprint density at radius 1 is 1.47 bits per heavy atom. The Balaban J connectivity index is 2.56. The Morgan fingerprint density at radius 2 is 2.07 bits per heavy atom. The first-order valence-electron chi connectivity index (χ1n) is 4.77. The van der Waals surface area contributed by atoms with E-state index in [1.807, 2.05) is 37.3 Å². The van der Waals surface area contributed by atoms with E-state index in [2.05, 4.69) is 12.6 Å². The van der Waals surface area contributed by atoms with Gasteiger partial charge in [-0.15, -0.1) is 0 Å². The van der Waals surface area contributed by atoms with Crippen molar-refractivity contribution in [2.24, 2.45) is 5.73 Å². The molecule has 0 aliphatic heterocycles. The van der Waals surface area contributed by atoms with E-state index < -0.39 is 12.0 Å². The van der Waals surface area contributed by atoms with Crippen LogP contribution in [-0.2, 0) is 9.53 Å². The molecule has 0 spiro atoms. The summed E-state index contributed by atoms with van der Waals surface area (Å²) in [6, 6.07) is 8.88. The van der Waals surface area contributed by atoms with Crippen LogP contribution in [0.2, 0.25) is 0 Å². The Labute approximate surface area is 95.0 Å². The monoisotopic (exact) mass is 225 g/mol. The number of hydrogen-bond donors (Lipinski definition) is 2. The fourth-order valence-corrected chi connectivity index (χ4v) is 1.28. The first-order valence-corrected chi connectivity index (χ1v) is 5.40. The Morgan fingerprint density at radius 3 is 2.60 bits per heavy atom. The van der Waals surface area contributed by atoms with Gasteiger partial charge >= 0.3 is 5.97 Å². The summed E-state index contributed by atoms with van der Waals surface area (Å²) in [6.07, 6.45) is -0.273. The van der Waals surface area contributed by atoms with Gasteiger partial charge in [-0.05, 0) is 12.5 Å². The summed E-state index contributed by atoms with van der Waals surface area (Å²) in [5.74, 6) is -0.123. The molecule has 0 aromatic heterocycles. The van der Waals surface area contributed by atoms with Crippen LogP contribution in [-0.4, -0.2) is 17.8 Å². The fraction of sp³-hybridized carbons (Fsp3) is 0.364. The normalized spacial score (nSPS) is 14.3. The number of rotatable bonds is 4. The predicted octanol–water partition coefficient (Wildman–Crippen LogP) is 1.55. The minimum absolute atomic E-state index is 0.273. The zero-order valence-corrected chi connectivity index (χ0v) is 9.48. The van der Waals surface area contributed by atoms with Gasteiger partial charge in [-0.25, -0.2) is 0 Å². The molecule has 1 aromatic carbocycles. The number of benzene rings is 1. The molecule has 82 valence electrons. The van der Waals surface area contributed by atoms with E-state index in [9.17, 15) is 4.79 Å². The van der Waals surface area contributed by atoms with Gasteiger partial charge in [0.05, 0.1) is 0 Å². The summed E-state index contributed by atoms with van der Waals surface area (Å²) < 4.78 is 5.18. The highest BCUT2D eigenvalue weighted by Gasteiger charge is 2.17. The van der Waals surface area contributed by atoms with Crippen LogP contribution in [0.5, 0.6) is 0 Å². The molecule has 0 aliphatic rings. The van der Waals surface area contributed by atoms with E-state index in [-0.39, 0.29) is 6.10 Å². The van der Waals surface area contributed by atoms with Gasteiger partial charge in [-0.1, -0.05) is 30.3 Å². The molecular formula is C11H15NO2S. The van der Waals surface area contributed by atoms with E-state index in [0.717, 1.165) is 5.56 Å². The molecule has 2 unspecified atom stereocenters. The SMILES string of the molecule is CC(OC(=O)C(N)CS)c1ccccc1. The molecule has 0 aliphatic carbocycles. The van der Waals surface area contributed by atoms with Crippen LogP contribution in [0, 0.1) is 0 Å². The molecule has 2 atom stereocenters. The molecule has 0 radical (unpaired) electrons. The second kappa shape index (κ2) is 5.78. The van der Waals surface area contributed by atoms with Crippen molar-refractivity contribution in [2.75, 3.05) is 5.75 Å². The maximum absolute atomic E-state index is 11.4. The highest BCUT2D eigenvalue weighted by molar-refractivity contribution is 7.80. The molecule has 15 heavy (non-hydrogen) atoms. The molecule has 0 heterocycles. The quantitative estimate of drug-likeness (QED) is 0.604. The van der Waals surface area contributed by atoms with E-state index in [1.165, 1.54) is 0 Å². The molecule has 1 rings (SSSR count). The molecule has 3 nitrogen and oxygen atoms in total. The number of thiol groups is 1. The van der Waals surface area contributed by atoms with Crippen molar-refractivity contribution in [3.8, 4) is 0 Å². The summed E-state index contributed by atoms with van der Waals surface area (Å²) >= 11 is 3.94. The summed E-state index contributed by atoms with van der Waals surface area (Å²) in [5.41, 5.74) is 6.45. The third-order valence-corrected chi connectivity index (χ3v) is 2.45. The average Bonchev–Trinajstić information content (AvgIpc) is 2.29. The van der Waals surface area contributed by atoms with Gasteiger partial charge in [-0.2, -0.15) is 12.6 Å². The van der Waals surface area contributed by atoms with Crippen molar-refractivity contribution in [1.82, 2.24) is 0 Å². The van der Waals surface area contributed by atoms with Crippen molar-refractivity contribution in [3.63, 3.8) is 0 Å². The second-order valence-corrected chi connectivity index (χ2v) is 3.64. The molecular weight excluding hydrogens is 210 g/mol. The smallest absolute Gasteiger partial charge is 0.324 e. The third kappa shape index (κ3) is 3.57. The number of ether oxygens (including phenoxy) is 1. The van der Waals surface area contributed by atoms with Crippen LogP contribution in [0.1, 0.15) is 18.6 Å². The van der Waals surface area contributed by atoms with E-state index in [4.69, 9.17) is 10.5 Å². The van der Waals surface area contributed by atoms with Gasteiger partial charge < -0.3 is 10.5 Å². The minimum Gasteiger partial charge on any atom is -0.457 e. The molecule has 0 amide bonds. The second-order valence-electron chi connectivity index (χ2n) is 3.28. The summed E-state index contributed by atoms with van der Waals surface area (Å²) in [5, 5.41) is 0. The largest absolute Gasteiger partial charge is 0.457 e. The molecule has 1 aromatic rings. The van der Waals surface area contributed by atoms with Gasteiger partial charge in [0.15, 0.2) is 0 Å². The number of carbonyl (C=O) groups is 1. The van der Waals surface area contributed by atoms with Crippen LogP contribution in [0.15, 0.2) is 30.3 Å². The Bertz CT molecular complexity index is 316. The number of nitrogens with two attached hydrogens (primary N) is 1. The first kappa shape index (κ1) is 12.1. The van der Waals surface area contributed by atoms with Gasteiger partial charge in [0.2, 0.25) is 0 Å². The van der Waals surface area contributed by atoms with Crippen LogP contribution in [0.3, 0.4) is 0 Å². The number of hydrogen-bond acceptors (Lipinski definition) is 4. The van der Waals surface area contributed by atoms with Gasteiger partial charge in [-0.3, -0.25) is 4.79 Å². The molecule has 4 heteroatoms. The fourth-order valence-electron chi connectivity index (χ4n) is 1.13. The average molecular weight is 225 g/mol. The van der Waals surface area contributed by atoms with E-state index in [1.54, 1.807) is 0 Å². The van der Waals surface area contributed by atoms with Gasteiger partial charge in [0.25, 0.3) is 0 Å². The van der Waals surface area contributed by atoms with Gasteiger partial charge in [0, 0.05) is 5.75 Å². The van der Waals surface area contributed by atoms with Crippen molar-refractivity contribution in [1.29, 1.82) is 0 Å². The van der Waals surface area contributed by atoms with Crippen molar-refractivity contribution < 1.29 is 9.53 Å². The van der Waals surface area contributed by atoms with Crippen LogP contribution in [0.4, 0.5) is 0 Å². The highest BCUT2D eigenvalue weighted by Crippen LogP contribution is 2.16. The summed E-state index contributed by atoms with van der Waals surface area (Å²) in [4.78, 5) is 11.4. The maximum atomic E-state index is 11.4. The Kier molecular flexibility index (Phi) is 4.65. The molecule has 0 bridgehead atoms. The third-order valence-electron chi connectivity index (χ3n) is 2.06. The summed E-state index contributed by atoms with van der Waals surface area (Å²) in [6.45, 7) is 1.82. The Hall–Kier alpha value is -1.00. The molecule has 0 fully saturated rings. The van der Waals surface area contributed by atoms with Crippen molar-refractivity contribution in [3.05, 3.63) is 35.9 Å². The number of esters is 1. The minimum atomic E-state index is -0.653. The predicted molar refractivity (Wildman–Crippen MR) is 62.8 cm³/mol. The number of carbonyl (C=O) groups excluding carboxylic acids is 1. The lowest BCUT2D eigenvalue weighted by atomic mass is 10.1. The lowest BCUT2D eigenvalue weighted by Crippen LogP contribution is -2.34. The van der Waals surface area contributed by atoms with Crippen molar-refractivity contribution >= 4 is 18.6 Å². The van der Waals surface area contributed by atoms with E-state index >= 15 is 0 Å². The van der Waals surface area contributed by atoms with E-state index in [0.29, 0.717) is 5.75 Å². The lowest BCUT2D eigenvalue weighted by Gasteiger charge is -2.15. The topological polar surface area (TPSA) is 52.3 Å². The maximum Gasteiger partial charge on any atom is 0.324 e. The van der Waals surface area contributed by atoms with Crippen LogP contribution in [0.25, 0.3) is 0 Å². The van der Waals surface area contributed by atoms with Gasteiger partial charge in [0.1, 0.15) is 12.1 Å². The standard InChI is InChI=1S/C11H15NO2S/c1-8(9-5-3-2-4-6-9)14-11(13)10(12)7-15/h2-6,8,10,15H,7,12H2,1H3. The first-order chi connectivity index (χ1) is 7.15. The zero-order valence-electron chi connectivity index (χ0n) is 8.59. The molecule has 2 N–H and O–H groups in total. The lowest BCUT2D eigenvalue weighted by molar-refractivity contribution is -0.149. The van der Waals surface area contributed by atoms with Crippen molar-refractivity contribution in [2.45, 2.75) is 19.1 Å². The summed E-state index contributed by atoms with van der Waals surface area (Å²) in [7, 11) is 0.